The molecule has 206 valence electrons. The third kappa shape index (κ3) is 6.53. The van der Waals surface area contributed by atoms with Crippen LogP contribution in [0.25, 0.3) is 0 Å². The second-order valence-electron chi connectivity index (χ2n) is 9.76. The summed E-state index contributed by atoms with van der Waals surface area (Å²) >= 11 is 0. The van der Waals surface area contributed by atoms with Gasteiger partial charge in [-0.2, -0.15) is 0 Å². The van der Waals surface area contributed by atoms with Crippen LogP contribution in [-0.2, 0) is 38.7 Å². The number of nitrogens with zero attached hydrogens (tertiary/aromatic N) is 2. The highest BCUT2D eigenvalue weighted by Gasteiger charge is 2.43. The van der Waals surface area contributed by atoms with Crippen molar-refractivity contribution in [3.63, 3.8) is 0 Å². The van der Waals surface area contributed by atoms with Gasteiger partial charge in [0.2, 0.25) is 5.91 Å². The lowest BCUT2D eigenvalue weighted by Gasteiger charge is -2.41. The van der Waals surface area contributed by atoms with E-state index in [1.54, 1.807) is 12.1 Å². The molecule has 0 aliphatic carbocycles. The van der Waals surface area contributed by atoms with Crippen LogP contribution in [0, 0.1) is 5.82 Å². The average Bonchev–Trinajstić information content (AvgIpc) is 3.12. The summed E-state index contributed by atoms with van der Waals surface area (Å²) in [5, 5.41) is 2.68. The Morgan fingerprint density at radius 1 is 1.18 bits per heavy atom. The van der Waals surface area contributed by atoms with Crippen molar-refractivity contribution in [1.82, 2.24) is 15.1 Å². The van der Waals surface area contributed by atoms with Crippen LogP contribution in [0.1, 0.15) is 43.4 Å². The van der Waals surface area contributed by atoms with Crippen LogP contribution in [0.4, 0.5) is 8.78 Å². The summed E-state index contributed by atoms with van der Waals surface area (Å²) in [6.45, 7) is 3.93. The summed E-state index contributed by atoms with van der Waals surface area (Å²) in [5.41, 5.74) is 2.05. The Kier molecular flexibility index (Phi) is 9.11. The Labute approximate surface area is 227 Å². The predicted octanol–water partition coefficient (Wildman–Crippen LogP) is 4.18. The number of aldehydes is 1. The fraction of sp³-hybridized carbons (Fsp3) is 0.367. The molecular weight excluding hydrogens is 504 g/mol. The predicted molar refractivity (Wildman–Crippen MR) is 142 cm³/mol. The Bertz CT molecular complexity index is 1280. The smallest absolute Gasteiger partial charge is 0.274 e. The molecule has 0 aromatic heterocycles. The normalized spacial score (nSPS) is 20.8. The largest absolute Gasteiger partial charge is 0.483 e. The van der Waals surface area contributed by atoms with Crippen LogP contribution in [-0.4, -0.2) is 53.2 Å². The van der Waals surface area contributed by atoms with Gasteiger partial charge in [-0.05, 0) is 43.4 Å². The quantitative estimate of drug-likeness (QED) is 0.295. The van der Waals surface area contributed by atoms with Gasteiger partial charge in [-0.25, -0.2) is 8.78 Å². The van der Waals surface area contributed by atoms with Gasteiger partial charge in [0.05, 0.1) is 6.04 Å². The number of piperazine rings is 1. The third-order valence-corrected chi connectivity index (χ3v) is 7.07. The van der Waals surface area contributed by atoms with Crippen molar-refractivity contribution in [1.29, 1.82) is 0 Å². The minimum Gasteiger partial charge on any atom is -0.483 e. The van der Waals surface area contributed by atoms with E-state index < -0.39 is 29.8 Å². The van der Waals surface area contributed by atoms with E-state index in [0.717, 1.165) is 11.1 Å². The number of hydrogen-bond donors (Lipinski definition) is 1. The van der Waals surface area contributed by atoms with Crippen molar-refractivity contribution < 1.29 is 27.9 Å². The maximum absolute atomic E-state index is 15.3. The molecule has 39 heavy (non-hydrogen) atoms. The van der Waals surface area contributed by atoms with E-state index in [0.29, 0.717) is 31.2 Å². The third-order valence-electron chi connectivity index (χ3n) is 7.07. The molecule has 2 aliphatic heterocycles. The second kappa shape index (κ2) is 12.7. The van der Waals surface area contributed by atoms with E-state index >= 15 is 4.39 Å². The number of carbonyl (C=O) groups excluding carboxylic acids is 3. The van der Waals surface area contributed by atoms with Gasteiger partial charge >= 0.3 is 0 Å². The number of allylic oxidation sites excluding steroid dienone is 1. The summed E-state index contributed by atoms with van der Waals surface area (Å²) in [6, 6.07) is 13.2. The average molecular weight is 538 g/mol. The van der Waals surface area contributed by atoms with Crippen molar-refractivity contribution in [3.05, 3.63) is 94.3 Å². The first-order valence-corrected chi connectivity index (χ1v) is 13.1. The number of aryl methyl sites for hydroxylation is 1. The van der Waals surface area contributed by atoms with Gasteiger partial charge in [-0.3, -0.25) is 14.4 Å². The molecule has 2 aromatic carbocycles. The Hall–Kier alpha value is -4.01. The van der Waals surface area contributed by atoms with Crippen molar-refractivity contribution >= 4 is 18.1 Å². The molecule has 2 unspecified atom stereocenters. The molecule has 2 saturated heterocycles. The standard InChI is InChI=1S/C30H33F2N3O4/c1-3-21-11-12-23(25(32)14-21)15-33-29(37)20(2)16-35-26-17-34(13-7-10-24(26)31)30(38)28(35)27(18-36)39-19-22-8-5-4-6-9-22/h4-6,8-9,11-12,14,16,18,24,26H,3,7,10,13,15,17,19H2,1-2H3,(H,33,37)/b20-16+,28-27+. The molecule has 2 fully saturated rings. The zero-order valence-corrected chi connectivity index (χ0v) is 22.2. The van der Waals surface area contributed by atoms with Crippen molar-refractivity contribution in [3.8, 4) is 0 Å². The summed E-state index contributed by atoms with van der Waals surface area (Å²) in [7, 11) is 0. The Morgan fingerprint density at radius 2 is 1.95 bits per heavy atom. The fourth-order valence-electron chi connectivity index (χ4n) is 4.80. The highest BCUT2D eigenvalue weighted by molar-refractivity contribution is 5.99. The lowest BCUT2D eigenvalue weighted by molar-refractivity contribution is -0.133. The van der Waals surface area contributed by atoms with Gasteiger partial charge in [-0.1, -0.05) is 49.4 Å². The molecule has 2 amide bonds. The van der Waals surface area contributed by atoms with Crippen LogP contribution >= 0.6 is 0 Å². The lowest BCUT2D eigenvalue weighted by Crippen LogP contribution is -2.55. The van der Waals surface area contributed by atoms with Gasteiger partial charge in [0.15, 0.2) is 17.7 Å². The fourth-order valence-corrected chi connectivity index (χ4v) is 4.80. The minimum absolute atomic E-state index is 0.0365. The number of rotatable bonds is 9. The Morgan fingerprint density at radius 3 is 2.64 bits per heavy atom. The first-order chi connectivity index (χ1) is 18.8. The monoisotopic (exact) mass is 537 g/mol. The number of amides is 2. The van der Waals surface area contributed by atoms with Crippen molar-refractivity contribution in [2.75, 3.05) is 13.1 Å². The summed E-state index contributed by atoms with van der Waals surface area (Å²) in [4.78, 5) is 41.5. The number of nitrogens with one attached hydrogen (secondary N) is 1. The van der Waals surface area contributed by atoms with E-state index in [1.807, 2.05) is 37.3 Å². The molecule has 2 heterocycles. The first kappa shape index (κ1) is 28.0. The molecular formula is C30H33F2N3O4. The van der Waals surface area contributed by atoms with E-state index in [4.69, 9.17) is 4.74 Å². The van der Waals surface area contributed by atoms with Gasteiger partial charge in [0.1, 0.15) is 18.6 Å². The van der Waals surface area contributed by atoms with Crippen molar-refractivity contribution in [2.24, 2.45) is 0 Å². The highest BCUT2D eigenvalue weighted by atomic mass is 19.1. The van der Waals surface area contributed by atoms with Crippen LogP contribution < -0.4 is 5.32 Å². The number of halogens is 2. The summed E-state index contributed by atoms with van der Waals surface area (Å²) in [6.07, 6.45) is 1.96. The number of ether oxygens (including phenoxy) is 1. The van der Waals surface area contributed by atoms with Gasteiger partial charge in [-0.15, -0.1) is 0 Å². The molecule has 0 saturated carbocycles. The van der Waals surface area contributed by atoms with Crippen LogP contribution in [0.5, 0.6) is 0 Å². The van der Waals surface area contributed by atoms with E-state index in [2.05, 4.69) is 5.32 Å². The summed E-state index contributed by atoms with van der Waals surface area (Å²) < 4.78 is 35.5. The Balaban J connectivity index is 1.62. The van der Waals surface area contributed by atoms with E-state index in [9.17, 15) is 18.8 Å². The lowest BCUT2D eigenvalue weighted by atomic mass is 10.0. The SMILES string of the molecule is CCc1ccc(CNC(=O)/C(C)=C/N2/C(=C(\C=O)OCc3ccccc3)C(=O)N3CCCC(F)C2C3)c(F)c1. The van der Waals surface area contributed by atoms with Gasteiger partial charge in [0, 0.05) is 37.0 Å². The zero-order chi connectivity index (χ0) is 27.9. The number of hydrogen-bond acceptors (Lipinski definition) is 5. The van der Waals surface area contributed by atoms with E-state index in [-0.39, 0.29) is 43.1 Å². The molecule has 2 atom stereocenters. The molecule has 1 N–H and O–H groups in total. The number of carbonyl (C=O) groups is 3. The summed E-state index contributed by atoms with van der Waals surface area (Å²) in [5.74, 6) is -1.61. The van der Waals surface area contributed by atoms with Crippen LogP contribution in [0.2, 0.25) is 0 Å². The van der Waals surface area contributed by atoms with Crippen LogP contribution in [0.3, 0.4) is 0 Å². The molecule has 4 rings (SSSR count). The molecule has 0 radical (unpaired) electrons. The molecule has 7 nitrogen and oxygen atoms in total. The zero-order valence-electron chi connectivity index (χ0n) is 22.2. The molecule has 0 spiro atoms. The number of alkyl halides is 1. The first-order valence-electron chi connectivity index (χ1n) is 13.1. The second-order valence-corrected chi connectivity index (χ2v) is 9.76. The van der Waals surface area contributed by atoms with E-state index in [1.165, 1.54) is 29.0 Å². The minimum atomic E-state index is -1.29. The molecule has 2 bridgehead atoms. The van der Waals surface area contributed by atoms with Crippen molar-refractivity contribution in [2.45, 2.75) is 58.5 Å². The van der Waals surface area contributed by atoms with Gasteiger partial charge < -0.3 is 19.9 Å². The maximum Gasteiger partial charge on any atom is 0.274 e. The number of fused-ring (bicyclic) bond motifs is 2. The topological polar surface area (TPSA) is 79.0 Å². The van der Waals surface area contributed by atoms with Crippen LogP contribution in [0.15, 0.2) is 71.8 Å². The number of benzene rings is 2. The molecule has 2 aliphatic rings. The maximum atomic E-state index is 15.3. The molecule has 9 heteroatoms. The molecule has 2 aromatic rings. The van der Waals surface area contributed by atoms with Gasteiger partial charge in [0.25, 0.3) is 5.91 Å². The highest BCUT2D eigenvalue weighted by Crippen LogP contribution is 2.32.